The van der Waals surface area contributed by atoms with Crippen molar-refractivity contribution in [2.75, 3.05) is 10.6 Å². The van der Waals surface area contributed by atoms with E-state index in [0.29, 0.717) is 11.4 Å². The van der Waals surface area contributed by atoms with E-state index in [1.165, 1.54) is 0 Å². The van der Waals surface area contributed by atoms with E-state index in [-0.39, 0.29) is 11.8 Å². The van der Waals surface area contributed by atoms with E-state index in [1.54, 1.807) is 30.5 Å². The Morgan fingerprint density at radius 2 is 1.86 bits per heavy atom. The van der Waals surface area contributed by atoms with Crippen LogP contribution in [0.2, 0.25) is 0 Å². The summed E-state index contributed by atoms with van der Waals surface area (Å²) in [6.07, 6.45) is 1.63. The van der Waals surface area contributed by atoms with Crippen LogP contribution in [-0.4, -0.2) is 10.9 Å². The maximum absolute atomic E-state index is 11.6. The second-order valence-corrected chi connectivity index (χ2v) is 4.86. The summed E-state index contributed by atoms with van der Waals surface area (Å²) < 4.78 is 0. The number of nitrogens with zero attached hydrogens (tertiary/aromatic N) is 2. The quantitative estimate of drug-likeness (QED) is 0.900. The molecule has 0 aliphatic rings. The summed E-state index contributed by atoms with van der Waals surface area (Å²) in [7, 11) is 0. The molecule has 0 saturated heterocycles. The molecule has 2 aromatic rings. The third-order valence-electron chi connectivity index (χ3n) is 2.87. The number of amides is 1. The van der Waals surface area contributed by atoms with Crippen molar-refractivity contribution in [2.24, 2.45) is 5.92 Å². The SMILES string of the molecule is CC(C)C(=O)Nc1ccc(Nc2ncccc2C#N)cc1. The van der Waals surface area contributed by atoms with Gasteiger partial charge in [-0.25, -0.2) is 4.98 Å². The number of benzene rings is 1. The number of aromatic nitrogens is 1. The maximum atomic E-state index is 11.6. The summed E-state index contributed by atoms with van der Waals surface area (Å²) in [5.41, 5.74) is 2.02. The molecule has 0 radical (unpaired) electrons. The molecule has 0 bridgehead atoms. The Labute approximate surface area is 123 Å². The number of carbonyl (C=O) groups is 1. The minimum Gasteiger partial charge on any atom is -0.339 e. The second-order valence-electron chi connectivity index (χ2n) is 4.86. The Kier molecular flexibility index (Phi) is 4.52. The van der Waals surface area contributed by atoms with Crippen molar-refractivity contribution >= 4 is 23.1 Å². The lowest BCUT2D eigenvalue weighted by molar-refractivity contribution is -0.118. The highest BCUT2D eigenvalue weighted by molar-refractivity contribution is 5.92. The van der Waals surface area contributed by atoms with Crippen LogP contribution in [0.1, 0.15) is 19.4 Å². The van der Waals surface area contributed by atoms with Crippen LogP contribution < -0.4 is 10.6 Å². The van der Waals surface area contributed by atoms with Gasteiger partial charge in [0.15, 0.2) is 0 Å². The van der Waals surface area contributed by atoms with Gasteiger partial charge in [0.25, 0.3) is 0 Å². The Balaban J connectivity index is 2.09. The number of anilines is 3. The van der Waals surface area contributed by atoms with E-state index in [2.05, 4.69) is 21.7 Å². The van der Waals surface area contributed by atoms with Gasteiger partial charge in [0.2, 0.25) is 5.91 Å². The fraction of sp³-hybridized carbons (Fsp3) is 0.188. The van der Waals surface area contributed by atoms with E-state index in [9.17, 15) is 4.79 Å². The lowest BCUT2D eigenvalue weighted by Crippen LogP contribution is -2.17. The zero-order chi connectivity index (χ0) is 15.2. The maximum Gasteiger partial charge on any atom is 0.226 e. The van der Waals surface area contributed by atoms with Gasteiger partial charge >= 0.3 is 0 Å². The first-order valence-electron chi connectivity index (χ1n) is 6.63. The normalized spacial score (nSPS) is 10.0. The van der Waals surface area contributed by atoms with Crippen LogP contribution in [0.15, 0.2) is 42.6 Å². The van der Waals surface area contributed by atoms with Gasteiger partial charge in [-0.2, -0.15) is 5.26 Å². The third-order valence-corrected chi connectivity index (χ3v) is 2.87. The molecule has 0 atom stereocenters. The minimum atomic E-state index is -0.0606. The zero-order valence-electron chi connectivity index (χ0n) is 11.9. The molecular weight excluding hydrogens is 264 g/mol. The molecule has 0 fully saturated rings. The Hall–Kier alpha value is -2.87. The highest BCUT2D eigenvalue weighted by atomic mass is 16.1. The van der Waals surface area contributed by atoms with Crippen LogP contribution in [0.25, 0.3) is 0 Å². The number of rotatable bonds is 4. The standard InChI is InChI=1S/C16H16N4O/c1-11(2)16(21)20-14-7-5-13(6-8-14)19-15-12(10-17)4-3-9-18-15/h3-9,11H,1-2H3,(H,18,19)(H,20,21). The Morgan fingerprint density at radius 3 is 2.48 bits per heavy atom. The number of nitrogens with one attached hydrogen (secondary N) is 2. The van der Waals surface area contributed by atoms with Crippen molar-refractivity contribution in [2.45, 2.75) is 13.8 Å². The molecule has 0 spiro atoms. The van der Waals surface area contributed by atoms with Crippen molar-refractivity contribution in [3.05, 3.63) is 48.2 Å². The first-order chi connectivity index (χ1) is 10.1. The van der Waals surface area contributed by atoms with Crippen LogP contribution in [0.5, 0.6) is 0 Å². The summed E-state index contributed by atoms with van der Waals surface area (Å²) in [4.78, 5) is 15.7. The summed E-state index contributed by atoms with van der Waals surface area (Å²) >= 11 is 0. The summed E-state index contributed by atoms with van der Waals surface area (Å²) in [5.74, 6) is 0.431. The van der Waals surface area contributed by atoms with Crippen LogP contribution in [0, 0.1) is 17.2 Å². The fourth-order valence-corrected chi connectivity index (χ4v) is 1.66. The van der Waals surface area contributed by atoms with E-state index in [1.807, 2.05) is 26.0 Å². The highest BCUT2D eigenvalue weighted by Gasteiger charge is 2.07. The molecule has 1 amide bonds. The van der Waals surface area contributed by atoms with E-state index in [4.69, 9.17) is 5.26 Å². The van der Waals surface area contributed by atoms with Crippen LogP contribution >= 0.6 is 0 Å². The average molecular weight is 280 g/mol. The predicted octanol–water partition coefficient (Wildman–Crippen LogP) is 3.29. The summed E-state index contributed by atoms with van der Waals surface area (Å²) in [6, 6.07) is 12.8. The second kappa shape index (κ2) is 6.53. The number of hydrogen-bond acceptors (Lipinski definition) is 4. The lowest BCUT2D eigenvalue weighted by atomic mass is 10.2. The minimum absolute atomic E-state index is 0.0211. The Morgan fingerprint density at radius 1 is 1.19 bits per heavy atom. The Bertz CT molecular complexity index is 671. The largest absolute Gasteiger partial charge is 0.339 e. The number of pyridine rings is 1. The fourth-order valence-electron chi connectivity index (χ4n) is 1.66. The highest BCUT2D eigenvalue weighted by Crippen LogP contribution is 2.20. The molecule has 0 unspecified atom stereocenters. The molecule has 5 nitrogen and oxygen atoms in total. The van der Waals surface area contributed by atoms with Crippen LogP contribution in [0.4, 0.5) is 17.2 Å². The molecule has 2 N–H and O–H groups in total. The zero-order valence-corrected chi connectivity index (χ0v) is 11.9. The first-order valence-corrected chi connectivity index (χ1v) is 6.63. The first kappa shape index (κ1) is 14.5. The summed E-state index contributed by atoms with van der Waals surface area (Å²) in [5, 5.41) is 14.9. The smallest absolute Gasteiger partial charge is 0.226 e. The molecule has 0 aliphatic carbocycles. The van der Waals surface area contributed by atoms with Crippen molar-refractivity contribution in [3.63, 3.8) is 0 Å². The average Bonchev–Trinajstić information content (AvgIpc) is 2.49. The third kappa shape index (κ3) is 3.80. The van der Waals surface area contributed by atoms with Crippen molar-refractivity contribution in [1.82, 2.24) is 4.98 Å². The molecule has 1 aromatic carbocycles. The number of carbonyl (C=O) groups excluding carboxylic acids is 1. The molecule has 1 aromatic heterocycles. The van der Waals surface area contributed by atoms with Crippen LogP contribution in [-0.2, 0) is 4.79 Å². The van der Waals surface area contributed by atoms with Crippen molar-refractivity contribution in [3.8, 4) is 6.07 Å². The molecule has 106 valence electrons. The van der Waals surface area contributed by atoms with E-state index >= 15 is 0 Å². The van der Waals surface area contributed by atoms with Crippen molar-refractivity contribution in [1.29, 1.82) is 5.26 Å². The molecule has 0 aliphatic heterocycles. The van der Waals surface area contributed by atoms with E-state index < -0.39 is 0 Å². The number of hydrogen-bond donors (Lipinski definition) is 2. The summed E-state index contributed by atoms with van der Waals surface area (Å²) in [6.45, 7) is 3.69. The molecule has 2 rings (SSSR count). The molecule has 5 heteroatoms. The van der Waals surface area contributed by atoms with Gasteiger partial charge in [0.1, 0.15) is 11.9 Å². The van der Waals surface area contributed by atoms with Gasteiger partial charge in [0, 0.05) is 23.5 Å². The van der Waals surface area contributed by atoms with Gasteiger partial charge in [-0.05, 0) is 36.4 Å². The van der Waals surface area contributed by atoms with E-state index in [0.717, 1.165) is 11.4 Å². The predicted molar refractivity (Wildman–Crippen MR) is 82.1 cm³/mol. The molecule has 0 saturated carbocycles. The van der Waals surface area contributed by atoms with Crippen LogP contribution in [0.3, 0.4) is 0 Å². The van der Waals surface area contributed by atoms with Gasteiger partial charge in [0.05, 0.1) is 5.56 Å². The van der Waals surface area contributed by atoms with Gasteiger partial charge in [-0.1, -0.05) is 13.8 Å². The molecule has 1 heterocycles. The van der Waals surface area contributed by atoms with Gasteiger partial charge in [-0.3, -0.25) is 4.79 Å². The molecular formula is C16H16N4O. The number of nitriles is 1. The lowest BCUT2D eigenvalue weighted by Gasteiger charge is -2.10. The van der Waals surface area contributed by atoms with Gasteiger partial charge in [-0.15, -0.1) is 0 Å². The monoisotopic (exact) mass is 280 g/mol. The molecule has 21 heavy (non-hydrogen) atoms. The van der Waals surface area contributed by atoms with Gasteiger partial charge < -0.3 is 10.6 Å². The van der Waals surface area contributed by atoms with Crippen molar-refractivity contribution < 1.29 is 4.79 Å². The topological polar surface area (TPSA) is 77.8 Å².